The molecule has 0 unspecified atom stereocenters. The zero-order chi connectivity index (χ0) is 14.5. The first-order valence-electron chi connectivity index (χ1n) is 7.87. The molecule has 112 valence electrons. The van der Waals surface area contributed by atoms with E-state index in [9.17, 15) is 4.79 Å². The Labute approximate surface area is 125 Å². The summed E-state index contributed by atoms with van der Waals surface area (Å²) in [5.74, 6) is 0.153. The summed E-state index contributed by atoms with van der Waals surface area (Å²) in [7, 11) is 0. The fourth-order valence-corrected chi connectivity index (χ4v) is 2.58. The molecule has 1 aromatic heterocycles. The number of nitrogens with one attached hydrogen (secondary N) is 2. The van der Waals surface area contributed by atoms with E-state index in [1.54, 1.807) is 0 Å². The van der Waals surface area contributed by atoms with Crippen LogP contribution in [0.5, 0.6) is 0 Å². The molecule has 4 heteroatoms. The molecule has 0 saturated heterocycles. The molecule has 1 fully saturated rings. The van der Waals surface area contributed by atoms with Crippen LogP contribution in [0.2, 0.25) is 0 Å². The third kappa shape index (κ3) is 4.08. The summed E-state index contributed by atoms with van der Waals surface area (Å²) in [5.41, 5.74) is 1.26. The molecular weight excluding hydrogens is 262 g/mol. The zero-order valence-corrected chi connectivity index (χ0v) is 12.3. The molecule has 0 radical (unpaired) electrons. The number of amides is 1. The fourth-order valence-electron chi connectivity index (χ4n) is 2.58. The Morgan fingerprint density at radius 3 is 2.90 bits per heavy atom. The zero-order valence-electron chi connectivity index (χ0n) is 12.3. The summed E-state index contributed by atoms with van der Waals surface area (Å²) in [6.45, 7) is 2.49. The lowest BCUT2D eigenvalue weighted by Gasteiger charge is -2.07. The van der Waals surface area contributed by atoms with E-state index in [-0.39, 0.29) is 5.91 Å². The van der Waals surface area contributed by atoms with Crippen LogP contribution in [0, 0.1) is 0 Å². The van der Waals surface area contributed by atoms with Gasteiger partial charge in [-0.3, -0.25) is 4.79 Å². The number of para-hydroxylation sites is 1. The maximum atomic E-state index is 11.7. The number of carbonyl (C=O) groups excluding carboxylic acids is 1. The van der Waals surface area contributed by atoms with Crippen molar-refractivity contribution < 1.29 is 4.79 Å². The summed E-state index contributed by atoms with van der Waals surface area (Å²) in [5, 5.41) is 7.62. The highest BCUT2D eigenvalue weighted by Gasteiger charge is 2.19. The normalized spacial score (nSPS) is 14.5. The molecule has 4 nitrogen and oxygen atoms in total. The van der Waals surface area contributed by atoms with Crippen molar-refractivity contribution in [2.75, 3.05) is 13.1 Å². The predicted molar refractivity (Wildman–Crippen MR) is 85.2 cm³/mol. The molecule has 1 saturated carbocycles. The van der Waals surface area contributed by atoms with Crippen molar-refractivity contribution in [3.05, 3.63) is 36.5 Å². The molecule has 1 aliphatic rings. The summed E-state index contributed by atoms with van der Waals surface area (Å²) < 4.78 is 2.25. The van der Waals surface area contributed by atoms with Gasteiger partial charge in [-0.15, -0.1) is 0 Å². The second kappa shape index (κ2) is 6.76. The molecule has 1 heterocycles. The number of aromatic nitrogens is 1. The minimum Gasteiger partial charge on any atom is -0.356 e. The summed E-state index contributed by atoms with van der Waals surface area (Å²) in [6.07, 6.45) is 6.20. The van der Waals surface area contributed by atoms with E-state index in [0.717, 1.165) is 26.1 Å². The van der Waals surface area contributed by atoms with E-state index >= 15 is 0 Å². The van der Waals surface area contributed by atoms with Gasteiger partial charge in [-0.25, -0.2) is 0 Å². The highest BCUT2D eigenvalue weighted by Crippen LogP contribution is 2.18. The molecule has 3 rings (SSSR count). The number of fused-ring (bicyclic) bond motifs is 1. The number of hydrogen-bond donors (Lipinski definition) is 2. The first-order valence-corrected chi connectivity index (χ1v) is 7.87. The van der Waals surface area contributed by atoms with Crippen LogP contribution in [0.1, 0.15) is 25.7 Å². The Morgan fingerprint density at radius 1 is 1.19 bits per heavy atom. The summed E-state index contributed by atoms with van der Waals surface area (Å²) in [4.78, 5) is 11.7. The van der Waals surface area contributed by atoms with Crippen LogP contribution >= 0.6 is 0 Å². The molecule has 21 heavy (non-hydrogen) atoms. The average Bonchev–Trinajstić information content (AvgIpc) is 3.23. The van der Waals surface area contributed by atoms with Gasteiger partial charge in [0, 0.05) is 43.8 Å². The number of rotatable bonds is 8. The monoisotopic (exact) mass is 285 g/mol. The SMILES string of the molecule is O=C(CCNC1CC1)NCCCn1ccc2ccccc21. The van der Waals surface area contributed by atoms with E-state index < -0.39 is 0 Å². The second-order valence-corrected chi connectivity index (χ2v) is 5.75. The van der Waals surface area contributed by atoms with Gasteiger partial charge in [0.2, 0.25) is 5.91 Å². The lowest BCUT2D eigenvalue weighted by molar-refractivity contribution is -0.121. The second-order valence-electron chi connectivity index (χ2n) is 5.75. The highest BCUT2D eigenvalue weighted by atomic mass is 16.1. The van der Waals surface area contributed by atoms with Crippen molar-refractivity contribution >= 4 is 16.8 Å². The van der Waals surface area contributed by atoms with Gasteiger partial charge in [0.1, 0.15) is 0 Å². The first kappa shape index (κ1) is 14.1. The van der Waals surface area contributed by atoms with Gasteiger partial charge < -0.3 is 15.2 Å². The van der Waals surface area contributed by atoms with Crippen molar-refractivity contribution in [3.63, 3.8) is 0 Å². The largest absolute Gasteiger partial charge is 0.356 e. The van der Waals surface area contributed by atoms with Gasteiger partial charge in [0.25, 0.3) is 0 Å². The lowest BCUT2D eigenvalue weighted by atomic mass is 10.2. The Bertz CT molecular complexity index is 601. The van der Waals surface area contributed by atoms with Crippen LogP contribution in [0.15, 0.2) is 36.5 Å². The van der Waals surface area contributed by atoms with E-state index in [0.29, 0.717) is 12.5 Å². The van der Waals surface area contributed by atoms with E-state index in [4.69, 9.17) is 0 Å². The Kier molecular flexibility index (Phi) is 4.55. The third-order valence-electron chi connectivity index (χ3n) is 3.94. The number of carbonyl (C=O) groups is 1. The summed E-state index contributed by atoms with van der Waals surface area (Å²) >= 11 is 0. The molecule has 0 spiro atoms. The van der Waals surface area contributed by atoms with Gasteiger partial charge in [-0.1, -0.05) is 18.2 Å². The van der Waals surface area contributed by atoms with Crippen molar-refractivity contribution in [1.29, 1.82) is 0 Å². The van der Waals surface area contributed by atoms with Crippen LogP contribution < -0.4 is 10.6 Å². The molecule has 2 aromatic rings. The smallest absolute Gasteiger partial charge is 0.221 e. The molecule has 0 atom stereocenters. The number of hydrogen-bond acceptors (Lipinski definition) is 2. The van der Waals surface area contributed by atoms with Crippen LogP contribution in [-0.4, -0.2) is 29.6 Å². The standard InChI is InChI=1S/C17H23N3O/c21-17(8-11-18-15-6-7-15)19-10-3-12-20-13-9-14-4-1-2-5-16(14)20/h1-2,4-5,9,13,15,18H,3,6-8,10-12H2,(H,19,21). The van der Waals surface area contributed by atoms with Gasteiger partial charge in [0.15, 0.2) is 0 Å². The maximum Gasteiger partial charge on any atom is 0.221 e. The molecule has 1 aromatic carbocycles. The molecular formula is C17H23N3O. The number of aryl methyl sites for hydroxylation is 1. The van der Waals surface area contributed by atoms with E-state index in [1.807, 2.05) is 0 Å². The lowest BCUT2D eigenvalue weighted by Crippen LogP contribution is -2.29. The topological polar surface area (TPSA) is 46.1 Å². The maximum absolute atomic E-state index is 11.7. The van der Waals surface area contributed by atoms with Gasteiger partial charge >= 0.3 is 0 Å². The van der Waals surface area contributed by atoms with Crippen LogP contribution in [0.25, 0.3) is 10.9 Å². The van der Waals surface area contributed by atoms with Gasteiger partial charge in [-0.05, 0) is 36.8 Å². The molecule has 1 aliphatic carbocycles. The first-order chi connectivity index (χ1) is 10.3. The molecule has 2 N–H and O–H groups in total. The van der Waals surface area contributed by atoms with Gasteiger partial charge in [-0.2, -0.15) is 0 Å². The molecule has 0 aliphatic heterocycles. The predicted octanol–water partition coefficient (Wildman–Crippen LogP) is 2.29. The number of benzene rings is 1. The minimum absolute atomic E-state index is 0.153. The van der Waals surface area contributed by atoms with Crippen molar-refractivity contribution in [3.8, 4) is 0 Å². The molecule has 1 amide bonds. The van der Waals surface area contributed by atoms with Crippen molar-refractivity contribution in [1.82, 2.24) is 15.2 Å². The third-order valence-corrected chi connectivity index (χ3v) is 3.94. The van der Waals surface area contributed by atoms with Crippen molar-refractivity contribution in [2.24, 2.45) is 0 Å². The van der Waals surface area contributed by atoms with Gasteiger partial charge in [0.05, 0.1) is 0 Å². The Hall–Kier alpha value is -1.81. The molecule has 0 bridgehead atoms. The van der Waals surface area contributed by atoms with E-state index in [1.165, 1.54) is 23.7 Å². The quantitative estimate of drug-likeness (QED) is 0.731. The summed E-state index contributed by atoms with van der Waals surface area (Å²) in [6, 6.07) is 11.2. The van der Waals surface area contributed by atoms with Crippen LogP contribution in [-0.2, 0) is 11.3 Å². The Balaban J connectivity index is 1.34. The van der Waals surface area contributed by atoms with Crippen LogP contribution in [0.3, 0.4) is 0 Å². The highest BCUT2D eigenvalue weighted by molar-refractivity contribution is 5.79. The van der Waals surface area contributed by atoms with Crippen molar-refractivity contribution in [2.45, 2.75) is 38.3 Å². The fraction of sp³-hybridized carbons (Fsp3) is 0.471. The minimum atomic E-state index is 0.153. The average molecular weight is 285 g/mol. The Morgan fingerprint density at radius 2 is 2.05 bits per heavy atom. The van der Waals surface area contributed by atoms with Crippen LogP contribution in [0.4, 0.5) is 0 Å². The number of nitrogens with zero attached hydrogens (tertiary/aromatic N) is 1. The van der Waals surface area contributed by atoms with E-state index in [2.05, 4.69) is 51.7 Å².